The molecule has 3 N–H and O–H groups in total. The van der Waals surface area contributed by atoms with Gasteiger partial charge in [-0.15, -0.1) is 12.4 Å². The fourth-order valence-corrected chi connectivity index (χ4v) is 2.24. The van der Waals surface area contributed by atoms with E-state index in [0.29, 0.717) is 24.4 Å². The normalized spacial score (nSPS) is 29.4. The van der Waals surface area contributed by atoms with Crippen LogP contribution in [0.15, 0.2) is 0 Å². The molecule has 102 valence electrons. The molecule has 17 heavy (non-hydrogen) atoms. The molecule has 0 aromatic heterocycles. The Morgan fingerprint density at radius 3 is 2.47 bits per heavy atom. The van der Waals surface area contributed by atoms with Crippen molar-refractivity contribution >= 4 is 18.3 Å². The topological polar surface area (TPSA) is 55.1 Å². The Kier molecular flexibility index (Phi) is 6.49. The summed E-state index contributed by atoms with van der Waals surface area (Å²) < 4.78 is 0. The van der Waals surface area contributed by atoms with E-state index in [4.69, 9.17) is 5.73 Å². The number of carbonyl (C=O) groups is 1. The van der Waals surface area contributed by atoms with Gasteiger partial charge in [-0.25, -0.2) is 0 Å². The fraction of sp³-hybridized carbons (Fsp3) is 0.923. The smallest absolute Gasteiger partial charge is 0.227 e. The van der Waals surface area contributed by atoms with Crippen LogP contribution in [0.1, 0.15) is 47.0 Å². The number of hydrogen-bond acceptors (Lipinski definition) is 2. The fourth-order valence-electron chi connectivity index (χ4n) is 2.24. The number of rotatable bonds is 3. The summed E-state index contributed by atoms with van der Waals surface area (Å²) in [6, 6.07) is 0.335. The van der Waals surface area contributed by atoms with Gasteiger partial charge in [0.2, 0.25) is 5.91 Å². The van der Waals surface area contributed by atoms with Crippen LogP contribution in [0.5, 0.6) is 0 Å². The first kappa shape index (κ1) is 16.7. The highest BCUT2D eigenvalue weighted by Crippen LogP contribution is 2.30. The van der Waals surface area contributed by atoms with Crippen LogP contribution in [0.4, 0.5) is 0 Å². The molecule has 1 aliphatic carbocycles. The minimum Gasteiger partial charge on any atom is -0.353 e. The maximum atomic E-state index is 12.0. The van der Waals surface area contributed by atoms with E-state index < -0.39 is 5.41 Å². The van der Waals surface area contributed by atoms with Crippen LogP contribution in [0, 0.1) is 17.3 Å². The zero-order chi connectivity index (χ0) is 12.3. The third-order valence-electron chi connectivity index (χ3n) is 4.15. The molecule has 0 radical (unpaired) electrons. The van der Waals surface area contributed by atoms with Gasteiger partial charge in [0.1, 0.15) is 0 Å². The number of nitrogens with two attached hydrogens (primary N) is 1. The molecule has 1 rings (SSSR count). The molecule has 0 aromatic rings. The van der Waals surface area contributed by atoms with E-state index in [1.165, 1.54) is 12.8 Å². The van der Waals surface area contributed by atoms with Crippen LogP contribution in [-0.2, 0) is 4.79 Å². The predicted octanol–water partition coefficient (Wildman–Crippen LogP) is 2.33. The molecule has 1 fully saturated rings. The van der Waals surface area contributed by atoms with Crippen molar-refractivity contribution in [2.75, 3.05) is 6.54 Å². The molecular formula is C13H27ClN2O. The van der Waals surface area contributed by atoms with Gasteiger partial charge < -0.3 is 11.1 Å². The van der Waals surface area contributed by atoms with Crippen LogP contribution in [0.2, 0.25) is 0 Å². The van der Waals surface area contributed by atoms with Gasteiger partial charge in [0.25, 0.3) is 0 Å². The van der Waals surface area contributed by atoms with Crippen molar-refractivity contribution < 1.29 is 4.79 Å². The third kappa shape index (κ3) is 4.14. The molecular weight excluding hydrogens is 236 g/mol. The molecule has 0 spiro atoms. The molecule has 3 nitrogen and oxygen atoms in total. The standard InChI is InChI=1S/C13H26N2O.ClH/c1-9-6-5-7-11(10(9)2)15-12(16)13(3,4)8-14;/h9-11H,5-8,14H2,1-4H3,(H,15,16);1H. The Labute approximate surface area is 111 Å². The molecule has 3 unspecified atom stereocenters. The number of hydrogen-bond donors (Lipinski definition) is 2. The van der Waals surface area contributed by atoms with Gasteiger partial charge in [-0.3, -0.25) is 4.79 Å². The summed E-state index contributed by atoms with van der Waals surface area (Å²) in [6.45, 7) is 8.72. The molecule has 3 atom stereocenters. The molecule has 0 heterocycles. The molecule has 1 aliphatic rings. The molecule has 0 aliphatic heterocycles. The van der Waals surface area contributed by atoms with E-state index in [1.54, 1.807) is 0 Å². The van der Waals surface area contributed by atoms with Gasteiger partial charge >= 0.3 is 0 Å². The molecule has 0 bridgehead atoms. The second-order valence-electron chi connectivity index (χ2n) is 5.94. The Hall–Kier alpha value is -0.280. The summed E-state index contributed by atoms with van der Waals surface area (Å²) in [5, 5.41) is 3.17. The monoisotopic (exact) mass is 262 g/mol. The lowest BCUT2D eigenvalue weighted by Gasteiger charge is -2.36. The van der Waals surface area contributed by atoms with E-state index in [0.717, 1.165) is 6.42 Å². The quantitative estimate of drug-likeness (QED) is 0.820. The van der Waals surface area contributed by atoms with Crippen molar-refractivity contribution in [1.82, 2.24) is 5.32 Å². The van der Waals surface area contributed by atoms with Crippen LogP contribution in [0.25, 0.3) is 0 Å². The maximum Gasteiger partial charge on any atom is 0.227 e. The predicted molar refractivity (Wildman–Crippen MR) is 74.2 cm³/mol. The van der Waals surface area contributed by atoms with Crippen molar-refractivity contribution in [3.8, 4) is 0 Å². The lowest BCUT2D eigenvalue weighted by Crippen LogP contribution is -2.50. The largest absolute Gasteiger partial charge is 0.353 e. The van der Waals surface area contributed by atoms with Gasteiger partial charge in [-0.2, -0.15) is 0 Å². The highest BCUT2D eigenvalue weighted by Gasteiger charge is 2.32. The van der Waals surface area contributed by atoms with Crippen LogP contribution < -0.4 is 11.1 Å². The van der Waals surface area contributed by atoms with E-state index in [-0.39, 0.29) is 18.3 Å². The number of amides is 1. The van der Waals surface area contributed by atoms with E-state index in [2.05, 4.69) is 19.2 Å². The van der Waals surface area contributed by atoms with Gasteiger partial charge in [0.05, 0.1) is 5.41 Å². The van der Waals surface area contributed by atoms with Crippen LogP contribution >= 0.6 is 12.4 Å². The number of nitrogens with one attached hydrogen (secondary N) is 1. The van der Waals surface area contributed by atoms with Crippen molar-refractivity contribution in [1.29, 1.82) is 0 Å². The molecule has 1 saturated carbocycles. The molecule has 1 amide bonds. The van der Waals surface area contributed by atoms with Crippen LogP contribution in [0.3, 0.4) is 0 Å². The second kappa shape index (κ2) is 6.60. The minimum absolute atomic E-state index is 0. The Morgan fingerprint density at radius 2 is 1.94 bits per heavy atom. The summed E-state index contributed by atoms with van der Waals surface area (Å²) in [6.07, 6.45) is 3.62. The van der Waals surface area contributed by atoms with E-state index >= 15 is 0 Å². The van der Waals surface area contributed by atoms with Gasteiger partial charge in [0.15, 0.2) is 0 Å². The summed E-state index contributed by atoms with van der Waals surface area (Å²) in [5.74, 6) is 1.38. The van der Waals surface area contributed by atoms with Gasteiger partial charge in [-0.05, 0) is 32.1 Å². The van der Waals surface area contributed by atoms with E-state index in [1.807, 2.05) is 13.8 Å². The summed E-state index contributed by atoms with van der Waals surface area (Å²) in [5.41, 5.74) is 5.17. The van der Waals surface area contributed by atoms with Crippen molar-refractivity contribution in [3.05, 3.63) is 0 Å². The Morgan fingerprint density at radius 1 is 1.35 bits per heavy atom. The minimum atomic E-state index is -0.444. The Balaban J connectivity index is 0.00000256. The first-order valence-electron chi connectivity index (χ1n) is 6.39. The SMILES string of the molecule is CC1CCCC(NC(=O)C(C)(C)CN)C1C.Cl. The number of carbonyl (C=O) groups excluding carboxylic acids is 1. The van der Waals surface area contributed by atoms with Crippen molar-refractivity contribution in [2.24, 2.45) is 23.0 Å². The molecule has 0 saturated heterocycles. The lowest BCUT2D eigenvalue weighted by atomic mass is 9.77. The second-order valence-corrected chi connectivity index (χ2v) is 5.94. The summed E-state index contributed by atoms with van der Waals surface area (Å²) in [7, 11) is 0. The number of halogens is 1. The van der Waals surface area contributed by atoms with Crippen LogP contribution in [-0.4, -0.2) is 18.5 Å². The van der Waals surface area contributed by atoms with Crippen molar-refractivity contribution in [2.45, 2.75) is 53.0 Å². The van der Waals surface area contributed by atoms with Gasteiger partial charge in [-0.1, -0.05) is 26.7 Å². The average molecular weight is 263 g/mol. The summed E-state index contributed by atoms with van der Waals surface area (Å²) >= 11 is 0. The zero-order valence-corrected chi connectivity index (χ0v) is 12.3. The first-order valence-corrected chi connectivity index (χ1v) is 6.39. The third-order valence-corrected chi connectivity index (χ3v) is 4.15. The molecule has 4 heteroatoms. The highest BCUT2D eigenvalue weighted by molar-refractivity contribution is 5.85. The maximum absolute atomic E-state index is 12.0. The zero-order valence-electron chi connectivity index (χ0n) is 11.5. The Bertz CT molecular complexity index is 256. The van der Waals surface area contributed by atoms with Gasteiger partial charge in [0, 0.05) is 12.6 Å². The average Bonchev–Trinajstić information content (AvgIpc) is 2.24. The lowest BCUT2D eigenvalue weighted by molar-refractivity contribution is -0.130. The molecule has 0 aromatic carbocycles. The summed E-state index contributed by atoms with van der Waals surface area (Å²) in [4.78, 5) is 12.0. The first-order chi connectivity index (χ1) is 7.38. The van der Waals surface area contributed by atoms with E-state index in [9.17, 15) is 4.79 Å². The van der Waals surface area contributed by atoms with Crippen molar-refractivity contribution in [3.63, 3.8) is 0 Å². The highest BCUT2D eigenvalue weighted by atomic mass is 35.5.